The highest BCUT2D eigenvalue weighted by Crippen LogP contribution is 2.28. The van der Waals surface area contributed by atoms with E-state index in [1.165, 1.54) is 0 Å². The van der Waals surface area contributed by atoms with Crippen molar-refractivity contribution in [3.05, 3.63) is 27.3 Å². The van der Waals surface area contributed by atoms with E-state index in [2.05, 4.69) is 22.6 Å². The van der Waals surface area contributed by atoms with Crippen LogP contribution in [0.15, 0.2) is 18.2 Å². The first-order chi connectivity index (χ1) is 6.69. The summed E-state index contributed by atoms with van der Waals surface area (Å²) in [6.07, 6.45) is 0. The summed E-state index contributed by atoms with van der Waals surface area (Å²) in [6.45, 7) is 2.53. The molecule has 74 valence electrons. The van der Waals surface area contributed by atoms with Crippen molar-refractivity contribution in [3.63, 3.8) is 0 Å². The minimum atomic E-state index is -0.609. The van der Waals surface area contributed by atoms with E-state index in [0.717, 1.165) is 14.9 Å². The number of nitriles is 1. The third-order valence-corrected chi connectivity index (χ3v) is 2.98. The molecule has 0 N–H and O–H groups in total. The molecule has 1 rings (SSSR count). The van der Waals surface area contributed by atoms with E-state index in [1.807, 2.05) is 31.2 Å². The maximum absolute atomic E-state index is 8.71. The van der Waals surface area contributed by atoms with Crippen LogP contribution in [-0.2, 0) is 0 Å². The monoisotopic (exact) mass is 321 g/mol. The molecule has 0 aromatic heterocycles. The zero-order chi connectivity index (χ0) is 10.6. The number of halogens is 2. The lowest BCUT2D eigenvalue weighted by atomic mass is 10.1. The Balaban J connectivity index is 3.03. The first-order valence-corrected chi connectivity index (χ1v) is 5.66. The minimum absolute atomic E-state index is 0.609. The van der Waals surface area contributed by atoms with Crippen molar-refractivity contribution in [1.82, 2.24) is 0 Å². The van der Waals surface area contributed by atoms with Crippen LogP contribution < -0.4 is 4.74 Å². The van der Waals surface area contributed by atoms with Crippen LogP contribution in [-0.4, -0.2) is 6.61 Å². The molecule has 0 aliphatic carbocycles. The molecule has 0 saturated carbocycles. The zero-order valence-corrected chi connectivity index (χ0v) is 10.5. The zero-order valence-electron chi connectivity index (χ0n) is 7.63. The van der Waals surface area contributed by atoms with Crippen LogP contribution in [0.4, 0.5) is 0 Å². The van der Waals surface area contributed by atoms with Crippen LogP contribution in [0.1, 0.15) is 17.9 Å². The first-order valence-electron chi connectivity index (χ1n) is 4.15. The van der Waals surface area contributed by atoms with Crippen LogP contribution in [0, 0.1) is 14.9 Å². The van der Waals surface area contributed by atoms with Gasteiger partial charge >= 0.3 is 0 Å². The highest BCUT2D eigenvalue weighted by molar-refractivity contribution is 14.1. The molecular formula is C10H9ClINO. The molecule has 0 aliphatic heterocycles. The lowest BCUT2D eigenvalue weighted by Crippen LogP contribution is -1.95. The van der Waals surface area contributed by atoms with Crippen molar-refractivity contribution in [2.24, 2.45) is 0 Å². The summed E-state index contributed by atoms with van der Waals surface area (Å²) in [5.74, 6) is 0.754. The quantitative estimate of drug-likeness (QED) is 0.630. The largest absolute Gasteiger partial charge is 0.494 e. The first kappa shape index (κ1) is 11.6. The number of alkyl halides is 1. The Labute approximate surface area is 102 Å². The van der Waals surface area contributed by atoms with Crippen molar-refractivity contribution < 1.29 is 4.74 Å². The molecule has 2 nitrogen and oxygen atoms in total. The van der Waals surface area contributed by atoms with E-state index < -0.39 is 5.38 Å². The molecule has 1 aromatic carbocycles. The van der Waals surface area contributed by atoms with E-state index in [0.29, 0.717) is 6.61 Å². The van der Waals surface area contributed by atoms with Crippen molar-refractivity contribution in [3.8, 4) is 11.8 Å². The Morgan fingerprint density at radius 1 is 1.64 bits per heavy atom. The van der Waals surface area contributed by atoms with E-state index >= 15 is 0 Å². The predicted molar refractivity (Wildman–Crippen MR) is 64.5 cm³/mol. The fourth-order valence-corrected chi connectivity index (χ4v) is 2.05. The molecule has 14 heavy (non-hydrogen) atoms. The smallest absolute Gasteiger partial charge is 0.146 e. The number of hydrogen-bond acceptors (Lipinski definition) is 2. The Morgan fingerprint density at radius 2 is 2.36 bits per heavy atom. The standard InChI is InChI=1S/C10H9ClINO/c1-2-14-7-3-4-10(12)8(5-7)9(11)6-13/h3-5,9H,2H2,1H3. The molecule has 0 spiro atoms. The Hall–Kier alpha value is -0.470. The van der Waals surface area contributed by atoms with Crippen LogP contribution in [0.5, 0.6) is 5.75 Å². The summed E-state index contributed by atoms with van der Waals surface area (Å²) in [5, 5.41) is 8.10. The van der Waals surface area contributed by atoms with Gasteiger partial charge in [-0.2, -0.15) is 5.26 Å². The van der Waals surface area contributed by atoms with E-state index in [1.54, 1.807) is 0 Å². The Kier molecular flexibility index (Phi) is 4.49. The number of ether oxygens (including phenoxy) is 1. The SMILES string of the molecule is CCOc1ccc(I)c(C(Cl)C#N)c1. The molecule has 0 aliphatic rings. The number of hydrogen-bond donors (Lipinski definition) is 0. The molecule has 0 bridgehead atoms. The molecule has 4 heteroatoms. The average molecular weight is 322 g/mol. The average Bonchev–Trinajstić information content (AvgIpc) is 2.20. The number of benzene rings is 1. The summed E-state index contributed by atoms with van der Waals surface area (Å²) in [4.78, 5) is 0. The van der Waals surface area contributed by atoms with Gasteiger partial charge in [-0.1, -0.05) is 0 Å². The van der Waals surface area contributed by atoms with Crippen LogP contribution in [0.25, 0.3) is 0 Å². The van der Waals surface area contributed by atoms with Gasteiger partial charge in [-0.25, -0.2) is 0 Å². The second-order valence-corrected chi connectivity index (χ2v) is 4.21. The summed E-state index contributed by atoms with van der Waals surface area (Å²) in [6, 6.07) is 7.58. The molecule has 0 radical (unpaired) electrons. The second kappa shape index (κ2) is 5.42. The second-order valence-electron chi connectivity index (χ2n) is 2.61. The molecule has 0 amide bonds. The summed E-state index contributed by atoms with van der Waals surface area (Å²) < 4.78 is 6.30. The van der Waals surface area contributed by atoms with Crippen molar-refractivity contribution >= 4 is 34.2 Å². The Bertz CT molecular complexity index is 362. The molecule has 0 fully saturated rings. The van der Waals surface area contributed by atoms with Crippen LogP contribution in [0.3, 0.4) is 0 Å². The molecule has 0 heterocycles. The summed E-state index contributed by atoms with van der Waals surface area (Å²) in [5.41, 5.74) is 0.806. The van der Waals surface area contributed by atoms with Crippen molar-refractivity contribution in [2.75, 3.05) is 6.61 Å². The van der Waals surface area contributed by atoms with E-state index in [-0.39, 0.29) is 0 Å². The minimum Gasteiger partial charge on any atom is -0.494 e. The van der Waals surface area contributed by atoms with Gasteiger partial charge in [-0.3, -0.25) is 0 Å². The third-order valence-electron chi connectivity index (χ3n) is 1.66. The van der Waals surface area contributed by atoms with Gasteiger partial charge in [0, 0.05) is 9.13 Å². The van der Waals surface area contributed by atoms with Crippen LogP contribution >= 0.6 is 34.2 Å². The summed E-state index contributed by atoms with van der Waals surface area (Å²) in [7, 11) is 0. The van der Waals surface area contributed by atoms with Gasteiger partial charge in [-0.05, 0) is 47.7 Å². The predicted octanol–water partition coefficient (Wildman–Crippen LogP) is 3.49. The molecule has 1 unspecified atom stereocenters. The van der Waals surface area contributed by atoms with E-state index in [4.69, 9.17) is 21.6 Å². The highest BCUT2D eigenvalue weighted by atomic mass is 127. The highest BCUT2D eigenvalue weighted by Gasteiger charge is 2.11. The molecule has 1 aromatic rings. The van der Waals surface area contributed by atoms with Gasteiger partial charge in [0.1, 0.15) is 11.1 Å². The van der Waals surface area contributed by atoms with Crippen molar-refractivity contribution in [2.45, 2.75) is 12.3 Å². The van der Waals surface area contributed by atoms with Gasteiger partial charge in [0.15, 0.2) is 0 Å². The topological polar surface area (TPSA) is 33.0 Å². The molecule has 1 atom stereocenters. The van der Waals surface area contributed by atoms with Gasteiger partial charge in [-0.15, -0.1) is 11.6 Å². The maximum Gasteiger partial charge on any atom is 0.146 e. The molecule has 0 saturated heterocycles. The lowest BCUT2D eigenvalue weighted by molar-refractivity contribution is 0.340. The van der Waals surface area contributed by atoms with Gasteiger partial charge in [0.2, 0.25) is 0 Å². The fourth-order valence-electron chi connectivity index (χ4n) is 1.04. The number of nitrogens with zero attached hydrogens (tertiary/aromatic N) is 1. The van der Waals surface area contributed by atoms with Crippen LogP contribution in [0.2, 0.25) is 0 Å². The summed E-state index contributed by atoms with van der Waals surface area (Å²) >= 11 is 8.00. The normalized spacial score (nSPS) is 11.9. The number of rotatable bonds is 3. The van der Waals surface area contributed by atoms with Gasteiger partial charge < -0.3 is 4.74 Å². The fraction of sp³-hybridized carbons (Fsp3) is 0.300. The van der Waals surface area contributed by atoms with Gasteiger partial charge in [0.25, 0.3) is 0 Å². The Morgan fingerprint density at radius 3 is 2.93 bits per heavy atom. The maximum atomic E-state index is 8.71. The third kappa shape index (κ3) is 2.76. The van der Waals surface area contributed by atoms with Gasteiger partial charge in [0.05, 0.1) is 12.7 Å². The van der Waals surface area contributed by atoms with Crippen molar-refractivity contribution in [1.29, 1.82) is 5.26 Å². The lowest BCUT2D eigenvalue weighted by Gasteiger charge is -2.08. The molecular weight excluding hydrogens is 312 g/mol. The van der Waals surface area contributed by atoms with E-state index in [9.17, 15) is 0 Å².